The fraction of sp³-hybridized carbons (Fsp3) is 0.300. The second-order valence-electron chi connectivity index (χ2n) is 5.69. The molecule has 0 spiro atoms. The maximum Gasteiger partial charge on any atom is 0.262 e. The fourth-order valence-electron chi connectivity index (χ4n) is 2.36. The Balaban J connectivity index is 1.88. The Morgan fingerprint density at radius 3 is 2.42 bits per heavy atom. The normalized spacial score (nSPS) is 10.2. The van der Waals surface area contributed by atoms with E-state index in [0.29, 0.717) is 11.3 Å². The van der Waals surface area contributed by atoms with Crippen LogP contribution < -0.4 is 10.1 Å². The molecule has 0 heterocycles. The monoisotopic (exact) mass is 325 g/mol. The molecule has 0 bridgehead atoms. The van der Waals surface area contributed by atoms with Gasteiger partial charge >= 0.3 is 0 Å². The minimum absolute atomic E-state index is 0.0892. The molecule has 0 aromatic heterocycles. The van der Waals surface area contributed by atoms with E-state index in [4.69, 9.17) is 4.74 Å². The quantitative estimate of drug-likeness (QED) is 0.738. The number of para-hydroxylation sites is 1. The average molecular weight is 325 g/mol. The van der Waals surface area contributed by atoms with Crippen molar-refractivity contribution in [3.63, 3.8) is 0 Å². The highest BCUT2D eigenvalue weighted by Crippen LogP contribution is 2.18. The van der Waals surface area contributed by atoms with Crippen molar-refractivity contribution in [2.24, 2.45) is 0 Å². The van der Waals surface area contributed by atoms with Crippen LogP contribution >= 0.6 is 0 Å². The molecule has 0 atom stereocenters. The summed E-state index contributed by atoms with van der Waals surface area (Å²) in [6, 6.07) is 14.8. The molecule has 126 valence electrons. The number of ether oxygens (including phenoxy) is 1. The molecule has 0 saturated heterocycles. The zero-order chi connectivity index (χ0) is 17.4. The van der Waals surface area contributed by atoms with Crippen LogP contribution in [0.15, 0.2) is 48.5 Å². The van der Waals surface area contributed by atoms with E-state index in [2.05, 4.69) is 12.2 Å². The van der Waals surface area contributed by atoms with E-state index in [9.17, 15) is 9.59 Å². The van der Waals surface area contributed by atoms with Crippen LogP contribution in [0, 0.1) is 0 Å². The lowest BCUT2D eigenvalue weighted by molar-refractivity contribution is -0.118. The van der Waals surface area contributed by atoms with E-state index < -0.39 is 0 Å². The first-order valence-electron chi connectivity index (χ1n) is 8.21. The second kappa shape index (κ2) is 8.87. The Hall–Kier alpha value is -2.62. The third-order valence-electron chi connectivity index (χ3n) is 3.68. The minimum atomic E-state index is -0.255. The molecule has 2 aromatic carbocycles. The molecule has 0 aliphatic rings. The Kier molecular flexibility index (Phi) is 6.55. The van der Waals surface area contributed by atoms with Crippen molar-refractivity contribution in [2.45, 2.75) is 33.1 Å². The van der Waals surface area contributed by atoms with Gasteiger partial charge in [-0.25, -0.2) is 0 Å². The number of anilines is 1. The summed E-state index contributed by atoms with van der Waals surface area (Å²) in [6.45, 7) is 3.50. The summed E-state index contributed by atoms with van der Waals surface area (Å²) < 4.78 is 5.48. The highest BCUT2D eigenvalue weighted by atomic mass is 16.5. The molecular weight excluding hydrogens is 302 g/mol. The first-order valence-corrected chi connectivity index (χ1v) is 8.21. The van der Waals surface area contributed by atoms with Crippen LogP contribution in [-0.4, -0.2) is 18.3 Å². The number of benzene rings is 2. The number of aryl methyl sites for hydroxylation is 1. The molecule has 0 aliphatic heterocycles. The van der Waals surface area contributed by atoms with Crippen LogP contribution in [-0.2, 0) is 11.2 Å². The van der Waals surface area contributed by atoms with Crippen molar-refractivity contribution >= 4 is 17.4 Å². The van der Waals surface area contributed by atoms with Gasteiger partial charge in [-0.05, 0) is 49.6 Å². The lowest BCUT2D eigenvalue weighted by Gasteiger charge is -2.10. The van der Waals surface area contributed by atoms with Gasteiger partial charge in [-0.3, -0.25) is 9.59 Å². The SMILES string of the molecule is CCCCc1ccc(NC(=O)COc2ccccc2C(C)=O)cc1. The van der Waals surface area contributed by atoms with Gasteiger partial charge in [0.05, 0.1) is 5.56 Å². The summed E-state index contributed by atoms with van der Waals surface area (Å²) in [5.74, 6) is 0.0819. The van der Waals surface area contributed by atoms with Gasteiger partial charge < -0.3 is 10.1 Å². The van der Waals surface area contributed by atoms with Crippen LogP contribution in [0.25, 0.3) is 0 Å². The van der Waals surface area contributed by atoms with Crippen LogP contribution in [0.5, 0.6) is 5.75 Å². The van der Waals surface area contributed by atoms with Gasteiger partial charge in [0.15, 0.2) is 12.4 Å². The number of carbonyl (C=O) groups excluding carboxylic acids is 2. The van der Waals surface area contributed by atoms with Crippen molar-refractivity contribution in [3.8, 4) is 5.75 Å². The van der Waals surface area contributed by atoms with E-state index >= 15 is 0 Å². The standard InChI is InChI=1S/C20H23NO3/c1-3-4-7-16-10-12-17(13-11-16)21-20(23)14-24-19-9-6-5-8-18(19)15(2)22/h5-6,8-13H,3-4,7,14H2,1-2H3,(H,21,23). The van der Waals surface area contributed by atoms with Gasteiger partial charge in [0.2, 0.25) is 0 Å². The van der Waals surface area contributed by atoms with Crippen LogP contribution in [0.3, 0.4) is 0 Å². The predicted octanol–water partition coefficient (Wildman–Crippen LogP) is 4.25. The van der Waals surface area contributed by atoms with E-state index in [-0.39, 0.29) is 18.3 Å². The van der Waals surface area contributed by atoms with Crippen molar-refractivity contribution < 1.29 is 14.3 Å². The van der Waals surface area contributed by atoms with E-state index in [1.165, 1.54) is 12.5 Å². The molecule has 1 N–H and O–H groups in total. The number of carbonyl (C=O) groups is 2. The number of rotatable bonds is 8. The third-order valence-corrected chi connectivity index (χ3v) is 3.68. The van der Waals surface area contributed by atoms with Crippen LogP contribution in [0.4, 0.5) is 5.69 Å². The summed E-state index contributed by atoms with van der Waals surface area (Å²) in [4.78, 5) is 23.5. The number of Topliss-reactive ketones (excluding diaryl/α,β-unsaturated/α-hetero) is 1. The first-order chi connectivity index (χ1) is 11.6. The Morgan fingerprint density at radius 1 is 1.04 bits per heavy atom. The number of amides is 1. The first kappa shape index (κ1) is 17.7. The van der Waals surface area contributed by atoms with Crippen molar-refractivity contribution in [1.82, 2.24) is 0 Å². The van der Waals surface area contributed by atoms with Gasteiger partial charge in [0.25, 0.3) is 5.91 Å². The summed E-state index contributed by atoms with van der Waals surface area (Å²) >= 11 is 0. The van der Waals surface area contributed by atoms with E-state index in [1.807, 2.05) is 24.3 Å². The van der Waals surface area contributed by atoms with Gasteiger partial charge in [-0.1, -0.05) is 37.6 Å². The molecule has 1 amide bonds. The molecule has 0 radical (unpaired) electrons. The molecule has 4 nitrogen and oxygen atoms in total. The molecule has 0 fully saturated rings. The Bertz CT molecular complexity index is 692. The molecule has 4 heteroatoms. The minimum Gasteiger partial charge on any atom is -0.483 e. The molecular formula is C20H23NO3. The molecule has 0 saturated carbocycles. The maximum atomic E-state index is 12.0. The molecule has 0 unspecified atom stereocenters. The summed E-state index contributed by atoms with van der Waals surface area (Å²) in [7, 11) is 0. The topological polar surface area (TPSA) is 55.4 Å². The number of unbranched alkanes of at least 4 members (excludes halogenated alkanes) is 1. The van der Waals surface area contributed by atoms with E-state index in [0.717, 1.165) is 24.9 Å². The number of nitrogens with one attached hydrogen (secondary N) is 1. The van der Waals surface area contributed by atoms with Crippen LogP contribution in [0.2, 0.25) is 0 Å². The van der Waals surface area contributed by atoms with Gasteiger partial charge in [0, 0.05) is 5.69 Å². The highest BCUT2D eigenvalue weighted by molar-refractivity contribution is 5.97. The zero-order valence-corrected chi connectivity index (χ0v) is 14.2. The molecule has 0 aliphatic carbocycles. The Labute approximate surface area is 142 Å². The lowest BCUT2D eigenvalue weighted by Crippen LogP contribution is -2.20. The summed E-state index contributed by atoms with van der Waals surface area (Å²) in [5.41, 5.74) is 2.48. The number of hydrogen-bond acceptors (Lipinski definition) is 3. The van der Waals surface area contributed by atoms with Crippen LogP contribution in [0.1, 0.15) is 42.6 Å². The maximum absolute atomic E-state index is 12.0. The largest absolute Gasteiger partial charge is 0.483 e. The average Bonchev–Trinajstić information content (AvgIpc) is 2.59. The summed E-state index contributed by atoms with van der Waals surface area (Å²) in [5, 5.41) is 2.80. The number of hydrogen-bond donors (Lipinski definition) is 1. The van der Waals surface area contributed by atoms with Crippen molar-refractivity contribution in [2.75, 3.05) is 11.9 Å². The van der Waals surface area contributed by atoms with Crippen molar-refractivity contribution in [3.05, 3.63) is 59.7 Å². The zero-order valence-electron chi connectivity index (χ0n) is 14.2. The van der Waals surface area contributed by atoms with Crippen molar-refractivity contribution in [1.29, 1.82) is 0 Å². The second-order valence-corrected chi connectivity index (χ2v) is 5.69. The molecule has 2 aromatic rings. The fourth-order valence-corrected chi connectivity index (χ4v) is 2.36. The smallest absolute Gasteiger partial charge is 0.262 e. The van der Waals surface area contributed by atoms with Gasteiger partial charge in [0.1, 0.15) is 5.75 Å². The third kappa shape index (κ3) is 5.23. The van der Waals surface area contributed by atoms with Gasteiger partial charge in [-0.15, -0.1) is 0 Å². The lowest BCUT2D eigenvalue weighted by atomic mass is 10.1. The predicted molar refractivity (Wildman–Crippen MR) is 95.6 cm³/mol. The summed E-state index contributed by atoms with van der Waals surface area (Å²) in [6.07, 6.45) is 3.38. The van der Waals surface area contributed by atoms with Gasteiger partial charge in [-0.2, -0.15) is 0 Å². The van der Waals surface area contributed by atoms with E-state index in [1.54, 1.807) is 24.3 Å². The Morgan fingerprint density at radius 2 is 1.75 bits per heavy atom. The molecule has 24 heavy (non-hydrogen) atoms. The number of ketones is 1. The molecule has 2 rings (SSSR count). The highest BCUT2D eigenvalue weighted by Gasteiger charge is 2.09.